The molecule has 1 fully saturated rings. The van der Waals surface area contributed by atoms with Crippen molar-refractivity contribution in [2.45, 2.75) is 38.7 Å². The number of nitriles is 1. The average Bonchev–Trinajstić information content (AvgIpc) is 3.13. The van der Waals surface area contributed by atoms with Crippen LogP contribution in [0.4, 0.5) is 8.78 Å². The van der Waals surface area contributed by atoms with Crippen LogP contribution >= 0.6 is 11.3 Å². The zero-order chi connectivity index (χ0) is 18.5. The fraction of sp³-hybridized carbons (Fsp3) is 0.368. The second-order valence-electron chi connectivity index (χ2n) is 5.93. The molecule has 0 N–H and O–H groups in total. The van der Waals surface area contributed by atoms with Crippen molar-refractivity contribution in [3.05, 3.63) is 34.2 Å². The van der Waals surface area contributed by atoms with Crippen molar-refractivity contribution in [3.8, 4) is 28.8 Å². The van der Waals surface area contributed by atoms with Gasteiger partial charge >= 0.3 is 6.61 Å². The maximum Gasteiger partial charge on any atom is 0.387 e. The molecule has 0 radical (unpaired) electrons. The smallest absolute Gasteiger partial charge is 0.387 e. The van der Waals surface area contributed by atoms with E-state index in [1.165, 1.54) is 36.5 Å². The van der Waals surface area contributed by atoms with Crippen LogP contribution in [-0.2, 0) is 0 Å². The van der Waals surface area contributed by atoms with Crippen LogP contribution < -0.4 is 9.47 Å². The summed E-state index contributed by atoms with van der Waals surface area (Å²) in [5.41, 5.74) is 3.25. The third-order valence-electron chi connectivity index (χ3n) is 4.32. The van der Waals surface area contributed by atoms with Crippen molar-refractivity contribution in [2.24, 2.45) is 0 Å². The Bertz CT molecular complexity index is 847. The molecule has 0 spiro atoms. The number of allylic oxidation sites excluding steroid dienone is 2. The van der Waals surface area contributed by atoms with Crippen LogP contribution in [0.3, 0.4) is 0 Å². The summed E-state index contributed by atoms with van der Waals surface area (Å²) < 4.78 is 34.5. The third-order valence-corrected chi connectivity index (χ3v) is 5.18. The molecule has 0 amide bonds. The minimum absolute atomic E-state index is 0.0243. The summed E-state index contributed by atoms with van der Waals surface area (Å²) >= 11 is 1.42. The van der Waals surface area contributed by atoms with Gasteiger partial charge in [-0.05, 0) is 49.5 Å². The van der Waals surface area contributed by atoms with E-state index in [4.69, 9.17) is 4.74 Å². The van der Waals surface area contributed by atoms with Gasteiger partial charge in [0.15, 0.2) is 11.5 Å². The lowest BCUT2D eigenvalue weighted by molar-refractivity contribution is -0.0512. The summed E-state index contributed by atoms with van der Waals surface area (Å²) in [5.74, 6) is 0.187. The van der Waals surface area contributed by atoms with E-state index in [9.17, 15) is 14.0 Å². The van der Waals surface area contributed by atoms with Gasteiger partial charge in [0.05, 0.1) is 18.4 Å². The van der Waals surface area contributed by atoms with E-state index in [0.29, 0.717) is 16.3 Å². The van der Waals surface area contributed by atoms with Gasteiger partial charge in [0.1, 0.15) is 11.1 Å². The number of methoxy groups -OCH3 is 1. The highest BCUT2D eigenvalue weighted by atomic mass is 32.1. The Morgan fingerprint density at radius 3 is 2.65 bits per heavy atom. The van der Waals surface area contributed by atoms with Crippen LogP contribution in [0, 0.1) is 11.3 Å². The van der Waals surface area contributed by atoms with Crippen LogP contribution in [0.15, 0.2) is 29.2 Å². The second-order valence-corrected chi connectivity index (χ2v) is 6.79. The van der Waals surface area contributed by atoms with Gasteiger partial charge in [0, 0.05) is 10.9 Å². The Balaban J connectivity index is 1.91. The molecular formula is C19H18F2N2O2S. The van der Waals surface area contributed by atoms with Gasteiger partial charge in [-0.25, -0.2) is 4.98 Å². The number of nitrogens with zero attached hydrogens (tertiary/aromatic N) is 2. The van der Waals surface area contributed by atoms with Gasteiger partial charge in [-0.2, -0.15) is 14.0 Å². The zero-order valence-electron chi connectivity index (χ0n) is 14.3. The van der Waals surface area contributed by atoms with Gasteiger partial charge in [-0.1, -0.05) is 6.42 Å². The average molecular weight is 376 g/mol. The molecule has 1 aliphatic rings. The Labute approximate surface area is 154 Å². The van der Waals surface area contributed by atoms with Crippen LogP contribution in [0.25, 0.3) is 16.8 Å². The zero-order valence-corrected chi connectivity index (χ0v) is 15.1. The first-order chi connectivity index (χ1) is 12.6. The molecule has 1 aromatic carbocycles. The first-order valence-corrected chi connectivity index (χ1v) is 9.21. The molecule has 0 bridgehead atoms. The molecule has 136 valence electrons. The maximum atomic E-state index is 12.4. The van der Waals surface area contributed by atoms with Crippen molar-refractivity contribution in [2.75, 3.05) is 7.11 Å². The fourth-order valence-corrected chi connectivity index (χ4v) is 3.92. The van der Waals surface area contributed by atoms with E-state index in [0.717, 1.165) is 31.2 Å². The Morgan fingerprint density at radius 1 is 1.23 bits per heavy atom. The van der Waals surface area contributed by atoms with Crippen molar-refractivity contribution in [1.82, 2.24) is 4.98 Å². The predicted molar refractivity (Wildman–Crippen MR) is 96.4 cm³/mol. The van der Waals surface area contributed by atoms with Crippen LogP contribution in [0.2, 0.25) is 0 Å². The van der Waals surface area contributed by atoms with Gasteiger partial charge in [-0.15, -0.1) is 11.3 Å². The number of alkyl halides is 2. The summed E-state index contributed by atoms with van der Waals surface area (Å²) in [6, 6.07) is 7.00. The maximum absolute atomic E-state index is 12.4. The number of thiazole rings is 1. The highest BCUT2D eigenvalue weighted by Crippen LogP contribution is 2.36. The Hall–Kier alpha value is -2.46. The molecule has 26 heavy (non-hydrogen) atoms. The molecule has 4 nitrogen and oxygen atoms in total. The van der Waals surface area contributed by atoms with Gasteiger partial charge in [-0.3, -0.25) is 0 Å². The van der Waals surface area contributed by atoms with E-state index >= 15 is 0 Å². The van der Waals surface area contributed by atoms with E-state index in [1.807, 2.05) is 5.38 Å². The quantitative estimate of drug-likeness (QED) is 0.632. The van der Waals surface area contributed by atoms with Gasteiger partial charge in [0.25, 0.3) is 0 Å². The molecule has 1 aliphatic carbocycles. The molecule has 0 atom stereocenters. The van der Waals surface area contributed by atoms with Crippen LogP contribution in [0.1, 0.15) is 37.1 Å². The molecular weight excluding hydrogens is 358 g/mol. The summed E-state index contributed by atoms with van der Waals surface area (Å²) in [7, 11) is 1.39. The monoisotopic (exact) mass is 376 g/mol. The normalized spacial score (nSPS) is 14.2. The molecule has 1 saturated carbocycles. The molecule has 0 unspecified atom stereocenters. The van der Waals surface area contributed by atoms with Gasteiger partial charge < -0.3 is 9.47 Å². The van der Waals surface area contributed by atoms with Crippen LogP contribution in [-0.4, -0.2) is 18.7 Å². The lowest BCUT2D eigenvalue weighted by Crippen LogP contribution is -2.03. The number of hydrogen-bond acceptors (Lipinski definition) is 5. The molecule has 2 aromatic rings. The van der Waals surface area contributed by atoms with Crippen molar-refractivity contribution < 1.29 is 18.3 Å². The summed E-state index contributed by atoms with van der Waals surface area (Å²) in [4.78, 5) is 4.59. The number of rotatable bonds is 5. The highest BCUT2D eigenvalue weighted by Gasteiger charge is 2.17. The fourth-order valence-electron chi connectivity index (χ4n) is 3.05. The Kier molecular flexibility index (Phi) is 5.84. The van der Waals surface area contributed by atoms with Crippen molar-refractivity contribution in [3.63, 3.8) is 0 Å². The summed E-state index contributed by atoms with van der Waals surface area (Å²) in [5, 5.41) is 12.1. The predicted octanol–water partition coefficient (Wildman–Crippen LogP) is 5.66. The molecule has 0 saturated heterocycles. The molecule has 1 heterocycles. The van der Waals surface area contributed by atoms with E-state index in [1.54, 1.807) is 12.1 Å². The SMILES string of the molecule is COc1cc(-c2csc(C(C#N)=C3CCCCC3)n2)ccc1OC(F)F. The minimum atomic E-state index is -2.92. The standard InChI is InChI=1S/C19H18F2N2O2S/c1-24-17-9-13(7-8-16(17)25-19(20)21)15-11-26-18(23-15)14(10-22)12-5-3-2-4-6-12/h7-9,11,19H,2-6H2,1H3. The van der Waals surface area contributed by atoms with E-state index < -0.39 is 6.61 Å². The first-order valence-electron chi connectivity index (χ1n) is 8.33. The lowest BCUT2D eigenvalue weighted by Gasteiger charge is -2.14. The number of aromatic nitrogens is 1. The van der Waals surface area contributed by atoms with Crippen LogP contribution in [0.5, 0.6) is 11.5 Å². The number of halogens is 2. The second kappa shape index (κ2) is 8.28. The highest BCUT2D eigenvalue weighted by molar-refractivity contribution is 7.11. The summed E-state index contributed by atoms with van der Waals surface area (Å²) in [6.45, 7) is -2.92. The Morgan fingerprint density at radius 2 is 2.00 bits per heavy atom. The molecule has 1 aromatic heterocycles. The van der Waals surface area contributed by atoms with Crippen molar-refractivity contribution >= 4 is 16.9 Å². The van der Waals surface area contributed by atoms with E-state index in [2.05, 4.69) is 15.8 Å². The third kappa shape index (κ3) is 4.02. The number of benzene rings is 1. The first kappa shape index (κ1) is 18.3. The largest absolute Gasteiger partial charge is 0.493 e. The number of ether oxygens (including phenoxy) is 2. The van der Waals surface area contributed by atoms with Crippen molar-refractivity contribution in [1.29, 1.82) is 5.26 Å². The summed E-state index contributed by atoms with van der Waals surface area (Å²) in [6.07, 6.45) is 5.33. The molecule has 3 rings (SSSR count). The topological polar surface area (TPSA) is 55.1 Å². The minimum Gasteiger partial charge on any atom is -0.493 e. The number of hydrogen-bond donors (Lipinski definition) is 0. The molecule has 0 aliphatic heterocycles. The van der Waals surface area contributed by atoms with E-state index in [-0.39, 0.29) is 11.5 Å². The lowest BCUT2D eigenvalue weighted by atomic mass is 9.91. The molecule has 7 heteroatoms. The van der Waals surface area contributed by atoms with Gasteiger partial charge in [0.2, 0.25) is 0 Å².